The molecule has 1 heterocycles. The fourth-order valence-electron chi connectivity index (χ4n) is 1.76. The summed E-state index contributed by atoms with van der Waals surface area (Å²) in [4.78, 5) is 23.2. The van der Waals surface area contributed by atoms with Crippen molar-refractivity contribution in [1.82, 2.24) is 0 Å². The van der Waals surface area contributed by atoms with Gasteiger partial charge in [-0.25, -0.2) is 4.79 Å². The van der Waals surface area contributed by atoms with E-state index in [2.05, 4.69) is 37.2 Å². The zero-order valence-corrected chi connectivity index (χ0v) is 13.9. The Kier molecular flexibility index (Phi) is 5.19. The molecule has 0 saturated carbocycles. The Morgan fingerprint density at radius 3 is 2.67 bits per heavy atom. The van der Waals surface area contributed by atoms with Crippen molar-refractivity contribution >= 4 is 49.4 Å². The van der Waals surface area contributed by atoms with Crippen molar-refractivity contribution < 1.29 is 19.1 Å². The van der Waals surface area contributed by atoms with Gasteiger partial charge in [0.2, 0.25) is 5.91 Å². The molecule has 2 aromatic rings. The summed E-state index contributed by atoms with van der Waals surface area (Å²) in [6.45, 7) is 0. The Morgan fingerprint density at radius 1 is 1.29 bits per heavy atom. The van der Waals surface area contributed by atoms with E-state index in [0.717, 1.165) is 0 Å². The fourth-order valence-corrected chi connectivity index (χ4v) is 3.09. The largest absolute Gasteiger partial charge is 0.478 e. The van der Waals surface area contributed by atoms with Gasteiger partial charge in [-0.2, -0.15) is 0 Å². The van der Waals surface area contributed by atoms with Crippen LogP contribution in [0.25, 0.3) is 0 Å². The first kappa shape index (κ1) is 15.8. The number of hydrogen-bond donors (Lipinski definition) is 2. The van der Waals surface area contributed by atoms with Gasteiger partial charge in [0.15, 0.2) is 0 Å². The van der Waals surface area contributed by atoms with E-state index in [1.807, 2.05) is 0 Å². The number of amides is 1. The van der Waals surface area contributed by atoms with Gasteiger partial charge in [0, 0.05) is 21.8 Å². The van der Waals surface area contributed by atoms with Gasteiger partial charge >= 0.3 is 5.97 Å². The minimum atomic E-state index is -1.11. The van der Waals surface area contributed by atoms with E-state index < -0.39 is 5.97 Å². The lowest BCUT2D eigenvalue weighted by Gasteiger charge is -2.11. The minimum absolute atomic E-state index is 0.0163. The first-order valence-corrected chi connectivity index (χ1v) is 7.60. The second-order valence-electron chi connectivity index (χ2n) is 4.24. The number of furan rings is 1. The van der Waals surface area contributed by atoms with Gasteiger partial charge in [-0.1, -0.05) is 15.9 Å². The van der Waals surface area contributed by atoms with E-state index in [1.165, 1.54) is 6.07 Å². The molecule has 110 valence electrons. The predicted octanol–water partition coefficient (Wildman–Crippen LogP) is 4.07. The lowest BCUT2D eigenvalue weighted by molar-refractivity contribution is -0.116. The van der Waals surface area contributed by atoms with Gasteiger partial charge in [-0.3, -0.25) is 4.79 Å². The third-order valence-corrected chi connectivity index (χ3v) is 3.81. The fraction of sp³-hybridized carbons (Fsp3) is 0.143. The Balaban J connectivity index is 2.11. The molecule has 0 aliphatic heterocycles. The van der Waals surface area contributed by atoms with Gasteiger partial charge in [0.1, 0.15) is 5.76 Å². The monoisotopic (exact) mass is 415 g/mol. The normalized spacial score (nSPS) is 10.4. The molecule has 0 radical (unpaired) electrons. The third-order valence-electron chi connectivity index (χ3n) is 2.73. The summed E-state index contributed by atoms with van der Waals surface area (Å²) in [7, 11) is 0. The molecule has 21 heavy (non-hydrogen) atoms. The Hall–Kier alpha value is -1.60. The van der Waals surface area contributed by atoms with Crippen LogP contribution in [0.1, 0.15) is 22.5 Å². The number of carbonyl (C=O) groups is 2. The highest BCUT2D eigenvalue weighted by Gasteiger charge is 2.17. The maximum absolute atomic E-state index is 11.9. The van der Waals surface area contributed by atoms with Crippen LogP contribution in [0.3, 0.4) is 0 Å². The molecule has 2 N–H and O–H groups in total. The Bertz CT molecular complexity index is 668. The smallest absolute Gasteiger partial charge is 0.337 e. The van der Waals surface area contributed by atoms with Crippen LogP contribution in [0.5, 0.6) is 0 Å². The van der Waals surface area contributed by atoms with Crippen molar-refractivity contribution in [3.8, 4) is 0 Å². The minimum Gasteiger partial charge on any atom is -0.478 e. The van der Waals surface area contributed by atoms with E-state index in [4.69, 9.17) is 4.42 Å². The van der Waals surface area contributed by atoms with E-state index >= 15 is 0 Å². The molecule has 5 nitrogen and oxygen atoms in total. The molecule has 7 heteroatoms. The first-order chi connectivity index (χ1) is 9.97. The summed E-state index contributed by atoms with van der Waals surface area (Å²) < 4.78 is 6.26. The predicted molar refractivity (Wildman–Crippen MR) is 84.5 cm³/mol. The lowest BCUT2D eigenvalue weighted by Crippen LogP contribution is -2.15. The second kappa shape index (κ2) is 6.91. The Labute approximate surface area is 137 Å². The molecular formula is C14H11Br2NO4. The molecule has 0 aliphatic carbocycles. The number of halogens is 2. The van der Waals surface area contributed by atoms with Crippen molar-refractivity contribution in [2.75, 3.05) is 5.32 Å². The number of anilines is 1. The molecule has 0 spiro atoms. The molecule has 0 saturated heterocycles. The molecule has 2 rings (SSSR count). The van der Waals surface area contributed by atoms with E-state index in [-0.39, 0.29) is 23.6 Å². The second-order valence-corrected chi connectivity index (χ2v) is 6.01. The van der Waals surface area contributed by atoms with Gasteiger partial charge < -0.3 is 14.8 Å². The highest BCUT2D eigenvalue weighted by atomic mass is 79.9. The van der Waals surface area contributed by atoms with Crippen molar-refractivity contribution in [1.29, 1.82) is 0 Å². The molecule has 0 fully saturated rings. The van der Waals surface area contributed by atoms with Gasteiger partial charge in [0.25, 0.3) is 0 Å². The van der Waals surface area contributed by atoms with Crippen LogP contribution >= 0.6 is 31.9 Å². The molecule has 0 atom stereocenters. The number of aryl methyl sites for hydroxylation is 1. The van der Waals surface area contributed by atoms with Crippen LogP contribution in [0.15, 0.2) is 43.9 Å². The molecule has 1 aromatic heterocycles. The summed E-state index contributed by atoms with van der Waals surface area (Å²) in [6, 6.07) is 6.65. The molecule has 1 amide bonds. The van der Waals surface area contributed by atoms with Crippen molar-refractivity contribution in [2.45, 2.75) is 12.8 Å². The summed E-state index contributed by atoms with van der Waals surface area (Å²) in [5.74, 6) is -0.686. The van der Waals surface area contributed by atoms with Crippen LogP contribution in [-0.2, 0) is 11.2 Å². The quantitative estimate of drug-likeness (QED) is 0.769. The van der Waals surface area contributed by atoms with Crippen LogP contribution in [-0.4, -0.2) is 17.0 Å². The molecular weight excluding hydrogens is 406 g/mol. The zero-order valence-electron chi connectivity index (χ0n) is 10.7. The number of carboxylic acids is 1. The van der Waals surface area contributed by atoms with Crippen LogP contribution in [0.2, 0.25) is 0 Å². The van der Waals surface area contributed by atoms with Crippen LogP contribution < -0.4 is 5.32 Å². The molecule has 0 aliphatic rings. The van der Waals surface area contributed by atoms with E-state index in [0.29, 0.717) is 21.1 Å². The number of rotatable bonds is 5. The summed E-state index contributed by atoms with van der Waals surface area (Å²) in [5.41, 5.74) is 0.262. The van der Waals surface area contributed by atoms with E-state index in [9.17, 15) is 14.7 Å². The standard InChI is InChI=1S/C14H11Br2NO4/c15-8-6-10(14(19)20)13(11(16)7-8)17-12(18)4-3-9-2-1-5-21-9/h1-2,5-7H,3-4H2,(H,17,18)(H,19,20). The van der Waals surface area contributed by atoms with Crippen LogP contribution in [0.4, 0.5) is 5.69 Å². The van der Waals surface area contributed by atoms with Crippen molar-refractivity contribution in [2.24, 2.45) is 0 Å². The maximum atomic E-state index is 11.9. The first-order valence-electron chi connectivity index (χ1n) is 6.02. The number of aromatic carboxylic acids is 1. The number of carboxylic acid groups (broad SMARTS) is 1. The topological polar surface area (TPSA) is 79.5 Å². The van der Waals surface area contributed by atoms with Crippen LogP contribution in [0, 0.1) is 0 Å². The number of nitrogens with one attached hydrogen (secondary N) is 1. The lowest BCUT2D eigenvalue weighted by atomic mass is 10.1. The summed E-state index contributed by atoms with van der Waals surface area (Å²) in [6.07, 6.45) is 2.20. The average Bonchev–Trinajstić information content (AvgIpc) is 2.92. The highest BCUT2D eigenvalue weighted by Crippen LogP contribution is 2.31. The Morgan fingerprint density at radius 2 is 2.05 bits per heavy atom. The average molecular weight is 417 g/mol. The van der Waals surface area contributed by atoms with E-state index in [1.54, 1.807) is 24.5 Å². The third kappa shape index (κ3) is 4.18. The summed E-state index contributed by atoms with van der Waals surface area (Å²) in [5, 5.41) is 11.8. The summed E-state index contributed by atoms with van der Waals surface area (Å²) >= 11 is 6.48. The molecule has 0 unspecified atom stereocenters. The number of carbonyl (C=O) groups excluding carboxylic acids is 1. The zero-order chi connectivity index (χ0) is 15.4. The van der Waals surface area contributed by atoms with Gasteiger partial charge in [-0.15, -0.1) is 0 Å². The highest BCUT2D eigenvalue weighted by molar-refractivity contribution is 9.11. The number of hydrogen-bond acceptors (Lipinski definition) is 3. The van der Waals surface area contributed by atoms with Crippen molar-refractivity contribution in [3.63, 3.8) is 0 Å². The molecule has 0 bridgehead atoms. The maximum Gasteiger partial charge on any atom is 0.337 e. The van der Waals surface area contributed by atoms with Gasteiger partial charge in [-0.05, 0) is 40.2 Å². The molecule has 1 aromatic carbocycles. The van der Waals surface area contributed by atoms with Gasteiger partial charge in [0.05, 0.1) is 17.5 Å². The SMILES string of the molecule is O=C(CCc1ccco1)Nc1c(Br)cc(Br)cc1C(=O)O. The van der Waals surface area contributed by atoms with Crippen molar-refractivity contribution in [3.05, 3.63) is 50.8 Å². The number of benzene rings is 1.